The number of thiophene rings is 2. The SMILES string of the molecule is Nc1ccc(CCc2cc3c(ccc4cc5c(ccc6sccc65)cc43)s2)cc1. The molecule has 0 bridgehead atoms. The zero-order valence-electron chi connectivity index (χ0n) is 15.8. The number of hydrogen-bond acceptors (Lipinski definition) is 3. The third kappa shape index (κ3) is 2.89. The highest BCUT2D eigenvalue weighted by molar-refractivity contribution is 7.19. The Kier molecular flexibility index (Phi) is 3.86. The van der Waals surface area contributed by atoms with Crippen LogP contribution in [0.15, 0.2) is 78.2 Å². The molecule has 0 aliphatic rings. The number of nitrogen functional groups attached to an aromatic ring is 1. The van der Waals surface area contributed by atoms with Crippen LogP contribution in [-0.2, 0) is 12.8 Å². The van der Waals surface area contributed by atoms with E-state index in [0.717, 1.165) is 18.5 Å². The van der Waals surface area contributed by atoms with Crippen LogP contribution in [0.4, 0.5) is 5.69 Å². The smallest absolute Gasteiger partial charge is 0.0352 e. The summed E-state index contributed by atoms with van der Waals surface area (Å²) in [7, 11) is 0. The Labute approximate surface area is 177 Å². The van der Waals surface area contributed by atoms with Crippen LogP contribution in [-0.4, -0.2) is 0 Å². The summed E-state index contributed by atoms with van der Waals surface area (Å²) in [6.45, 7) is 0. The average Bonchev–Trinajstić information content (AvgIpc) is 3.39. The first-order valence-corrected chi connectivity index (χ1v) is 11.5. The number of benzene rings is 4. The van der Waals surface area contributed by atoms with E-state index in [-0.39, 0.29) is 0 Å². The van der Waals surface area contributed by atoms with E-state index in [2.05, 4.69) is 66.0 Å². The van der Waals surface area contributed by atoms with Crippen molar-refractivity contribution in [2.75, 3.05) is 5.73 Å². The molecule has 0 aliphatic carbocycles. The highest BCUT2D eigenvalue weighted by Gasteiger charge is 2.09. The molecular weight excluding hydrogens is 390 g/mol. The maximum atomic E-state index is 5.80. The number of rotatable bonds is 3. The van der Waals surface area contributed by atoms with Gasteiger partial charge in [0, 0.05) is 30.7 Å². The van der Waals surface area contributed by atoms with Crippen LogP contribution < -0.4 is 5.73 Å². The summed E-state index contributed by atoms with van der Waals surface area (Å²) in [5.74, 6) is 0. The highest BCUT2D eigenvalue weighted by Crippen LogP contribution is 2.37. The minimum Gasteiger partial charge on any atom is -0.399 e. The van der Waals surface area contributed by atoms with Gasteiger partial charge in [0.05, 0.1) is 0 Å². The summed E-state index contributed by atoms with van der Waals surface area (Å²) in [4.78, 5) is 1.44. The van der Waals surface area contributed by atoms with Crippen LogP contribution in [0, 0.1) is 0 Å². The molecule has 1 nitrogen and oxygen atoms in total. The summed E-state index contributed by atoms with van der Waals surface area (Å²) < 4.78 is 2.74. The van der Waals surface area contributed by atoms with Crippen LogP contribution >= 0.6 is 22.7 Å². The molecule has 6 aromatic rings. The fraction of sp³-hybridized carbons (Fsp3) is 0.0769. The molecule has 0 saturated carbocycles. The molecule has 4 aromatic carbocycles. The van der Waals surface area contributed by atoms with Crippen molar-refractivity contribution in [1.82, 2.24) is 0 Å². The van der Waals surface area contributed by atoms with Gasteiger partial charge in [0.25, 0.3) is 0 Å². The predicted octanol–water partition coefficient (Wildman–Crippen LogP) is 7.79. The zero-order valence-corrected chi connectivity index (χ0v) is 17.4. The Morgan fingerprint density at radius 1 is 0.621 bits per heavy atom. The van der Waals surface area contributed by atoms with Crippen molar-refractivity contribution < 1.29 is 0 Å². The lowest BCUT2D eigenvalue weighted by Gasteiger charge is -2.05. The van der Waals surface area contributed by atoms with Crippen LogP contribution in [0.3, 0.4) is 0 Å². The Balaban J connectivity index is 1.44. The third-order valence-corrected chi connectivity index (χ3v) is 7.82. The van der Waals surface area contributed by atoms with Gasteiger partial charge in [-0.05, 0) is 93.9 Å². The minimum atomic E-state index is 0.828. The Morgan fingerprint density at radius 3 is 2.14 bits per heavy atom. The van der Waals surface area contributed by atoms with Crippen LogP contribution in [0.25, 0.3) is 41.7 Å². The Morgan fingerprint density at radius 2 is 1.34 bits per heavy atom. The lowest BCUT2D eigenvalue weighted by atomic mass is 9.99. The van der Waals surface area contributed by atoms with E-state index in [4.69, 9.17) is 5.73 Å². The summed E-state index contributed by atoms with van der Waals surface area (Å²) in [5, 5.41) is 10.3. The molecule has 0 radical (unpaired) electrons. The summed E-state index contributed by atoms with van der Waals surface area (Å²) >= 11 is 3.73. The number of aryl methyl sites for hydroxylation is 2. The first kappa shape index (κ1) is 17.0. The Hall–Kier alpha value is -2.88. The Bertz CT molecular complexity index is 1500. The van der Waals surface area contributed by atoms with E-state index in [9.17, 15) is 0 Å². The highest BCUT2D eigenvalue weighted by atomic mass is 32.1. The fourth-order valence-electron chi connectivity index (χ4n) is 4.25. The van der Waals surface area contributed by atoms with Gasteiger partial charge in [-0.1, -0.05) is 24.3 Å². The van der Waals surface area contributed by atoms with Crippen LogP contribution in [0.5, 0.6) is 0 Å². The second-order valence-electron chi connectivity index (χ2n) is 7.62. The molecule has 0 saturated heterocycles. The van der Waals surface area contributed by atoms with E-state index in [1.54, 1.807) is 0 Å². The fourth-order valence-corrected chi connectivity index (χ4v) is 6.13. The van der Waals surface area contributed by atoms with Gasteiger partial charge in [-0.3, -0.25) is 0 Å². The van der Waals surface area contributed by atoms with Crippen molar-refractivity contribution in [1.29, 1.82) is 0 Å². The second-order valence-corrected chi connectivity index (χ2v) is 9.74. The van der Waals surface area contributed by atoms with E-state index in [1.807, 2.05) is 34.8 Å². The first-order chi connectivity index (χ1) is 14.2. The van der Waals surface area contributed by atoms with Gasteiger partial charge in [0.1, 0.15) is 0 Å². The monoisotopic (exact) mass is 409 g/mol. The van der Waals surface area contributed by atoms with Gasteiger partial charge in [-0.2, -0.15) is 0 Å². The second kappa shape index (κ2) is 6.58. The lowest BCUT2D eigenvalue weighted by molar-refractivity contribution is 0.982. The van der Waals surface area contributed by atoms with Crippen LogP contribution in [0.2, 0.25) is 0 Å². The van der Waals surface area contributed by atoms with Gasteiger partial charge in [-0.15, -0.1) is 22.7 Å². The molecule has 0 atom stereocenters. The molecule has 0 aliphatic heterocycles. The molecule has 6 rings (SSSR count). The van der Waals surface area contributed by atoms with Gasteiger partial charge in [0.2, 0.25) is 0 Å². The number of hydrogen-bond donors (Lipinski definition) is 1. The zero-order chi connectivity index (χ0) is 19.4. The van der Waals surface area contributed by atoms with Crippen molar-refractivity contribution in [3.8, 4) is 0 Å². The molecule has 0 amide bonds. The van der Waals surface area contributed by atoms with Crippen LogP contribution in [0.1, 0.15) is 10.4 Å². The normalized spacial score (nSPS) is 11.9. The maximum Gasteiger partial charge on any atom is 0.0352 e. The van der Waals surface area contributed by atoms with Crippen molar-refractivity contribution >= 4 is 70.1 Å². The molecule has 2 aromatic heterocycles. The quantitative estimate of drug-likeness (QED) is 0.234. The lowest BCUT2D eigenvalue weighted by Crippen LogP contribution is -1.90. The van der Waals surface area contributed by atoms with E-state index in [1.165, 1.54) is 52.2 Å². The molecule has 140 valence electrons. The van der Waals surface area contributed by atoms with Crippen molar-refractivity contribution in [3.05, 3.63) is 88.6 Å². The predicted molar refractivity (Wildman–Crippen MR) is 130 cm³/mol. The molecule has 0 unspecified atom stereocenters. The number of fused-ring (bicyclic) bond motifs is 6. The third-order valence-electron chi connectivity index (χ3n) is 5.78. The van der Waals surface area contributed by atoms with E-state index >= 15 is 0 Å². The van der Waals surface area contributed by atoms with Gasteiger partial charge < -0.3 is 5.73 Å². The van der Waals surface area contributed by atoms with Gasteiger partial charge in [-0.25, -0.2) is 0 Å². The minimum absolute atomic E-state index is 0.828. The first-order valence-electron chi connectivity index (χ1n) is 9.84. The summed E-state index contributed by atoms with van der Waals surface area (Å²) in [6.07, 6.45) is 2.11. The maximum absolute atomic E-state index is 5.80. The van der Waals surface area contributed by atoms with Crippen molar-refractivity contribution in [2.45, 2.75) is 12.8 Å². The van der Waals surface area contributed by atoms with E-state index in [0.29, 0.717) is 0 Å². The molecule has 0 spiro atoms. The molecule has 29 heavy (non-hydrogen) atoms. The van der Waals surface area contributed by atoms with Crippen molar-refractivity contribution in [2.24, 2.45) is 0 Å². The van der Waals surface area contributed by atoms with Crippen molar-refractivity contribution in [3.63, 3.8) is 0 Å². The number of nitrogens with two attached hydrogens (primary N) is 1. The van der Waals surface area contributed by atoms with E-state index < -0.39 is 0 Å². The molecule has 2 heterocycles. The summed E-state index contributed by atoms with van der Waals surface area (Å²) in [6, 6.07) is 26.7. The molecule has 0 fully saturated rings. The molecular formula is C26H19NS2. The average molecular weight is 410 g/mol. The standard InChI is InChI=1S/C26H19NS2/c27-19-6-1-16(2-7-19)3-8-20-15-24-23-14-17-4-9-25-21(11-12-28-25)22(17)13-18(23)5-10-26(24)29-20/h1-2,4-7,9-15H,3,8,27H2. The molecule has 3 heteroatoms. The van der Waals surface area contributed by atoms with Gasteiger partial charge in [0.15, 0.2) is 0 Å². The number of anilines is 1. The molecule has 2 N–H and O–H groups in total. The topological polar surface area (TPSA) is 26.0 Å². The van der Waals surface area contributed by atoms with Gasteiger partial charge >= 0.3 is 0 Å². The largest absolute Gasteiger partial charge is 0.399 e. The summed E-state index contributed by atoms with van der Waals surface area (Å²) in [5.41, 5.74) is 7.97.